The van der Waals surface area contributed by atoms with Gasteiger partial charge in [0.25, 0.3) is 5.91 Å². The maximum atomic E-state index is 12.2. The molecule has 0 saturated carbocycles. The quantitative estimate of drug-likeness (QED) is 0.530. The third kappa shape index (κ3) is 3.27. The second kappa shape index (κ2) is 6.38. The molecule has 1 heterocycles. The highest BCUT2D eigenvalue weighted by Gasteiger charge is 2.15. The summed E-state index contributed by atoms with van der Waals surface area (Å²) in [4.78, 5) is 16.5. The van der Waals surface area contributed by atoms with E-state index in [0.29, 0.717) is 15.8 Å². The van der Waals surface area contributed by atoms with E-state index in [4.69, 9.17) is 11.6 Å². The van der Waals surface area contributed by atoms with Crippen molar-refractivity contribution in [3.63, 3.8) is 0 Å². The predicted octanol–water partition coefficient (Wildman–Crippen LogP) is 3.83. The SMILES string of the molecule is O=C(Nc1nc(-c2ccc(Cl)cc2)cs1)c1cc(O)c(O)c(O)c1. The lowest BCUT2D eigenvalue weighted by Gasteiger charge is -2.05. The molecule has 0 radical (unpaired) electrons. The maximum Gasteiger partial charge on any atom is 0.257 e. The fourth-order valence-electron chi connectivity index (χ4n) is 1.99. The van der Waals surface area contributed by atoms with Gasteiger partial charge in [0.2, 0.25) is 0 Å². The Morgan fingerprint density at radius 3 is 2.33 bits per heavy atom. The van der Waals surface area contributed by atoms with Crippen molar-refractivity contribution in [2.75, 3.05) is 5.32 Å². The van der Waals surface area contributed by atoms with E-state index in [1.54, 1.807) is 17.5 Å². The van der Waals surface area contributed by atoms with Crippen molar-refractivity contribution in [2.45, 2.75) is 0 Å². The summed E-state index contributed by atoms with van der Waals surface area (Å²) in [5.74, 6) is -2.41. The van der Waals surface area contributed by atoms with E-state index in [0.717, 1.165) is 17.7 Å². The Morgan fingerprint density at radius 1 is 1.08 bits per heavy atom. The molecule has 6 nitrogen and oxygen atoms in total. The molecule has 0 unspecified atom stereocenters. The molecule has 0 aliphatic rings. The summed E-state index contributed by atoms with van der Waals surface area (Å²) in [7, 11) is 0. The van der Waals surface area contributed by atoms with Gasteiger partial charge in [0.1, 0.15) is 0 Å². The first-order valence-corrected chi connectivity index (χ1v) is 7.97. The minimum absolute atomic E-state index is 0.00829. The number of nitrogens with one attached hydrogen (secondary N) is 1. The van der Waals surface area contributed by atoms with Gasteiger partial charge in [-0.3, -0.25) is 10.1 Å². The molecule has 3 aromatic rings. The van der Waals surface area contributed by atoms with Crippen LogP contribution in [0.3, 0.4) is 0 Å². The van der Waals surface area contributed by atoms with Gasteiger partial charge in [0.05, 0.1) is 5.69 Å². The summed E-state index contributed by atoms with van der Waals surface area (Å²) < 4.78 is 0. The van der Waals surface area contributed by atoms with Crippen molar-refractivity contribution in [3.8, 4) is 28.5 Å². The second-order valence-electron chi connectivity index (χ2n) is 4.86. The Labute approximate surface area is 145 Å². The highest BCUT2D eigenvalue weighted by molar-refractivity contribution is 7.14. The largest absolute Gasteiger partial charge is 0.504 e. The number of phenols is 3. The van der Waals surface area contributed by atoms with Gasteiger partial charge in [-0.15, -0.1) is 11.3 Å². The number of rotatable bonds is 3. The number of carbonyl (C=O) groups is 1. The molecule has 2 aromatic carbocycles. The lowest BCUT2D eigenvalue weighted by molar-refractivity contribution is 0.102. The van der Waals surface area contributed by atoms with Gasteiger partial charge < -0.3 is 15.3 Å². The number of hydrogen-bond acceptors (Lipinski definition) is 6. The lowest BCUT2D eigenvalue weighted by atomic mass is 10.1. The number of hydrogen-bond donors (Lipinski definition) is 4. The minimum atomic E-state index is -0.675. The molecule has 0 atom stereocenters. The molecule has 122 valence electrons. The van der Waals surface area contributed by atoms with Crippen LogP contribution in [0, 0.1) is 0 Å². The van der Waals surface area contributed by atoms with Crippen molar-refractivity contribution in [1.29, 1.82) is 0 Å². The summed E-state index contributed by atoms with van der Waals surface area (Å²) in [5, 5.41) is 33.5. The van der Waals surface area contributed by atoms with Crippen LogP contribution in [0.4, 0.5) is 5.13 Å². The molecule has 0 aliphatic heterocycles. The minimum Gasteiger partial charge on any atom is -0.504 e. The van der Waals surface area contributed by atoms with E-state index >= 15 is 0 Å². The van der Waals surface area contributed by atoms with Crippen LogP contribution in [0.2, 0.25) is 5.02 Å². The third-order valence-electron chi connectivity index (χ3n) is 3.20. The number of phenolic OH excluding ortho intramolecular Hbond substituents is 3. The Hall–Kier alpha value is -2.77. The number of halogens is 1. The van der Waals surface area contributed by atoms with Crippen molar-refractivity contribution in [2.24, 2.45) is 0 Å². The first kappa shape index (κ1) is 16.1. The smallest absolute Gasteiger partial charge is 0.257 e. The molecule has 0 aliphatic carbocycles. The van der Waals surface area contributed by atoms with Gasteiger partial charge in [-0.1, -0.05) is 23.7 Å². The van der Waals surface area contributed by atoms with Crippen LogP contribution >= 0.6 is 22.9 Å². The van der Waals surface area contributed by atoms with Crippen LogP contribution < -0.4 is 5.32 Å². The van der Waals surface area contributed by atoms with Crippen molar-refractivity contribution in [3.05, 3.63) is 52.4 Å². The fraction of sp³-hybridized carbons (Fsp3) is 0. The average molecular weight is 363 g/mol. The highest BCUT2D eigenvalue weighted by atomic mass is 35.5. The van der Waals surface area contributed by atoms with Crippen LogP contribution in [0.15, 0.2) is 41.8 Å². The molecule has 4 N–H and O–H groups in total. The van der Waals surface area contributed by atoms with Crippen LogP contribution in [0.25, 0.3) is 11.3 Å². The van der Waals surface area contributed by atoms with Gasteiger partial charge in [-0.25, -0.2) is 4.98 Å². The Kier molecular flexibility index (Phi) is 4.28. The highest BCUT2D eigenvalue weighted by Crippen LogP contribution is 2.35. The molecule has 0 spiro atoms. The fourth-order valence-corrected chi connectivity index (χ4v) is 2.83. The molecule has 1 aromatic heterocycles. The molecule has 24 heavy (non-hydrogen) atoms. The molecule has 8 heteroatoms. The molecule has 1 amide bonds. The predicted molar refractivity (Wildman–Crippen MR) is 91.9 cm³/mol. The van der Waals surface area contributed by atoms with E-state index in [1.807, 2.05) is 12.1 Å². The van der Waals surface area contributed by atoms with Gasteiger partial charge in [0, 0.05) is 21.5 Å². The first-order chi connectivity index (χ1) is 11.4. The number of thiazole rings is 1. The summed E-state index contributed by atoms with van der Waals surface area (Å²) in [6.45, 7) is 0. The number of amides is 1. The average Bonchev–Trinajstić information content (AvgIpc) is 3.01. The lowest BCUT2D eigenvalue weighted by Crippen LogP contribution is -2.11. The van der Waals surface area contributed by atoms with E-state index in [-0.39, 0.29) is 5.56 Å². The van der Waals surface area contributed by atoms with Crippen LogP contribution in [-0.2, 0) is 0 Å². The molecule has 3 rings (SSSR count). The van der Waals surface area contributed by atoms with E-state index < -0.39 is 23.2 Å². The zero-order valence-corrected chi connectivity index (χ0v) is 13.6. The summed E-state index contributed by atoms with van der Waals surface area (Å²) in [5.41, 5.74) is 1.53. The first-order valence-electron chi connectivity index (χ1n) is 6.72. The normalized spacial score (nSPS) is 10.5. The van der Waals surface area contributed by atoms with Crippen LogP contribution in [0.1, 0.15) is 10.4 Å². The van der Waals surface area contributed by atoms with Crippen LogP contribution in [0.5, 0.6) is 17.2 Å². The zero-order chi connectivity index (χ0) is 17.3. The Balaban J connectivity index is 1.79. The summed E-state index contributed by atoms with van der Waals surface area (Å²) in [6, 6.07) is 9.24. The number of benzene rings is 2. The molecule has 0 saturated heterocycles. The van der Waals surface area contributed by atoms with Gasteiger partial charge in [-0.2, -0.15) is 0 Å². The summed E-state index contributed by atoms with van der Waals surface area (Å²) >= 11 is 7.08. The molecule has 0 bridgehead atoms. The number of aromatic nitrogens is 1. The van der Waals surface area contributed by atoms with Crippen molar-refractivity contribution < 1.29 is 20.1 Å². The van der Waals surface area contributed by atoms with Crippen LogP contribution in [-0.4, -0.2) is 26.2 Å². The number of anilines is 1. The number of aromatic hydroxyl groups is 3. The second-order valence-corrected chi connectivity index (χ2v) is 6.16. The monoisotopic (exact) mass is 362 g/mol. The Morgan fingerprint density at radius 2 is 1.71 bits per heavy atom. The van der Waals surface area contributed by atoms with E-state index in [1.165, 1.54) is 11.3 Å². The standard InChI is InChI=1S/C16H11ClN2O4S/c17-10-3-1-8(2-4-10)11-7-24-16(18-11)19-15(23)9-5-12(20)14(22)13(21)6-9/h1-7,20-22H,(H,18,19,23). The molecule has 0 fully saturated rings. The van der Waals surface area contributed by atoms with Gasteiger partial charge in [0.15, 0.2) is 22.4 Å². The Bertz CT molecular complexity index is 886. The van der Waals surface area contributed by atoms with Gasteiger partial charge >= 0.3 is 0 Å². The summed E-state index contributed by atoms with van der Waals surface area (Å²) in [6.07, 6.45) is 0. The van der Waals surface area contributed by atoms with E-state index in [2.05, 4.69) is 10.3 Å². The van der Waals surface area contributed by atoms with Crippen molar-refractivity contribution in [1.82, 2.24) is 4.98 Å². The zero-order valence-electron chi connectivity index (χ0n) is 12.0. The number of nitrogens with zero attached hydrogens (tertiary/aromatic N) is 1. The van der Waals surface area contributed by atoms with Gasteiger partial charge in [-0.05, 0) is 24.3 Å². The molecular weight excluding hydrogens is 352 g/mol. The maximum absolute atomic E-state index is 12.2. The van der Waals surface area contributed by atoms with Crippen molar-refractivity contribution >= 4 is 34.0 Å². The topological polar surface area (TPSA) is 103 Å². The third-order valence-corrected chi connectivity index (χ3v) is 4.21. The molecular formula is C16H11ClN2O4S. The van der Waals surface area contributed by atoms with E-state index in [9.17, 15) is 20.1 Å². The number of carbonyl (C=O) groups excluding carboxylic acids is 1.